The number of pyridine rings is 2. The number of aromatic amines is 2. The van der Waals surface area contributed by atoms with Crippen molar-refractivity contribution in [1.82, 2.24) is 40.4 Å². The predicted octanol–water partition coefficient (Wildman–Crippen LogP) is 7.97. The zero-order valence-electron chi connectivity index (χ0n) is 36.2. The Morgan fingerprint density at radius 3 is 1.69 bits per heavy atom. The van der Waals surface area contributed by atoms with Gasteiger partial charge in [0.1, 0.15) is 0 Å². The Bertz CT molecular complexity index is 3150. The van der Waals surface area contributed by atoms with E-state index in [4.69, 9.17) is 19.4 Å². The second-order valence-corrected chi connectivity index (χ2v) is 17.2. The lowest BCUT2D eigenvalue weighted by atomic mass is 10.0. The average Bonchev–Trinajstić information content (AvgIpc) is 4.13. The molecule has 2 amide bonds. The van der Waals surface area contributed by atoms with Crippen LogP contribution in [0.5, 0.6) is 0 Å². The molecule has 326 valence electrons. The summed E-state index contributed by atoms with van der Waals surface area (Å²) in [5, 5.41) is 11.9. The molecule has 8 aromatic rings. The molecule has 2 saturated heterocycles. The first-order valence-corrected chi connectivity index (χ1v) is 22.6. The number of rotatable bonds is 9. The summed E-state index contributed by atoms with van der Waals surface area (Å²) in [4.78, 5) is 45.5. The largest absolute Gasteiger partial charge is 0.379 e. The van der Waals surface area contributed by atoms with Gasteiger partial charge in [-0.1, -0.05) is 84.9 Å². The highest BCUT2D eigenvalue weighted by Gasteiger charge is 2.27. The van der Waals surface area contributed by atoms with Gasteiger partial charge >= 0.3 is 0 Å². The molecule has 4 aromatic heterocycles. The van der Waals surface area contributed by atoms with Gasteiger partial charge in [0.2, 0.25) is 0 Å². The third-order valence-electron chi connectivity index (χ3n) is 13.0. The SMILES string of the molecule is O=C1NCc2nc3c(ccc4c[nH]c(C=Cc5ccc(CN6CCOCC6)cc5)cc43)c21.O=C1NCc2nc3c(ccc4c[nH]c(C=Cc5cccc(CCN6CCOCC6)c5)cc43)c21. The van der Waals surface area contributed by atoms with Gasteiger partial charge in [-0.3, -0.25) is 19.4 Å². The van der Waals surface area contributed by atoms with E-state index in [1.165, 1.54) is 16.7 Å². The number of aromatic nitrogens is 4. The lowest BCUT2D eigenvalue weighted by Crippen LogP contribution is -2.37. The van der Waals surface area contributed by atoms with Crippen molar-refractivity contribution in [2.45, 2.75) is 26.1 Å². The molecular formula is C53H50N8O4. The molecule has 12 heteroatoms. The van der Waals surface area contributed by atoms with Gasteiger partial charge < -0.3 is 30.1 Å². The van der Waals surface area contributed by atoms with E-state index in [1.807, 2.05) is 36.7 Å². The number of hydrogen-bond acceptors (Lipinski definition) is 8. The molecule has 4 N–H and O–H groups in total. The number of ether oxygens (including phenoxy) is 2. The standard InChI is InChI=1S/C27H26N4O2.C26H24N4O2/c32-27-25-22-7-5-20-16-28-21(15-23(20)26(22)30-24(25)17-29-27)6-4-18-2-1-3-19(14-18)8-9-31-10-12-33-13-11-31;31-26-24-21-8-6-19-14-27-20(13-22(19)25(21)29-23(24)15-28-26)7-5-17-1-3-18(4-2-17)16-30-9-11-32-12-10-30/h1-7,14-16,28H,8-13,17H2,(H,29,32);1-8,13-14,27H,9-12,15-16H2,(H,28,31). The molecule has 0 saturated carbocycles. The summed E-state index contributed by atoms with van der Waals surface area (Å²) in [6.07, 6.45) is 13.5. The molecule has 8 heterocycles. The zero-order valence-corrected chi connectivity index (χ0v) is 36.2. The smallest absolute Gasteiger partial charge is 0.254 e. The molecular weight excluding hydrogens is 813 g/mol. The second-order valence-electron chi connectivity index (χ2n) is 17.2. The highest BCUT2D eigenvalue weighted by molar-refractivity contribution is 6.17. The van der Waals surface area contributed by atoms with Crippen LogP contribution in [0, 0.1) is 0 Å². The van der Waals surface area contributed by atoms with Crippen molar-refractivity contribution >= 4 is 79.5 Å². The summed E-state index contributed by atoms with van der Waals surface area (Å²) in [6, 6.07) is 29.8. The Morgan fingerprint density at radius 2 is 1.11 bits per heavy atom. The molecule has 0 atom stereocenters. The monoisotopic (exact) mass is 862 g/mol. The van der Waals surface area contributed by atoms with Gasteiger partial charge in [0.15, 0.2) is 0 Å². The third-order valence-corrected chi connectivity index (χ3v) is 13.0. The molecule has 12 nitrogen and oxygen atoms in total. The third kappa shape index (κ3) is 8.56. The number of carbonyl (C=O) groups excluding carboxylic acids is 2. The molecule has 0 radical (unpaired) electrons. The van der Waals surface area contributed by atoms with E-state index in [0.717, 1.165) is 155 Å². The van der Waals surface area contributed by atoms with E-state index in [-0.39, 0.29) is 11.8 Å². The molecule has 4 aliphatic heterocycles. The topological polar surface area (TPSA) is 140 Å². The fourth-order valence-electron chi connectivity index (χ4n) is 9.40. The molecule has 0 spiro atoms. The number of morpholine rings is 2. The lowest BCUT2D eigenvalue weighted by Gasteiger charge is -2.26. The quantitative estimate of drug-likeness (QED) is 0.115. The van der Waals surface area contributed by atoms with Gasteiger partial charge in [0, 0.05) is 84.6 Å². The van der Waals surface area contributed by atoms with E-state index in [2.05, 4.69) is 115 Å². The Labute approximate surface area is 376 Å². The van der Waals surface area contributed by atoms with Crippen molar-refractivity contribution < 1.29 is 19.1 Å². The molecule has 2 fully saturated rings. The number of hydrogen-bond donors (Lipinski definition) is 4. The molecule has 65 heavy (non-hydrogen) atoms. The summed E-state index contributed by atoms with van der Waals surface area (Å²) in [6.45, 7) is 10.4. The number of benzene rings is 4. The Hall–Kier alpha value is -6.96. The summed E-state index contributed by atoms with van der Waals surface area (Å²) >= 11 is 0. The van der Waals surface area contributed by atoms with Gasteiger partial charge in [-0.05, 0) is 63.7 Å². The van der Waals surface area contributed by atoms with Crippen molar-refractivity contribution in [2.24, 2.45) is 0 Å². The number of nitrogens with zero attached hydrogens (tertiary/aromatic N) is 4. The number of carbonyl (C=O) groups is 2. The highest BCUT2D eigenvalue weighted by atomic mass is 16.5. The van der Waals surface area contributed by atoms with E-state index in [9.17, 15) is 9.59 Å². The van der Waals surface area contributed by atoms with E-state index < -0.39 is 0 Å². The summed E-state index contributed by atoms with van der Waals surface area (Å²) in [5.74, 6) is -0.0514. The first-order valence-electron chi connectivity index (χ1n) is 22.6. The van der Waals surface area contributed by atoms with Crippen LogP contribution in [0.4, 0.5) is 0 Å². The fourth-order valence-corrected chi connectivity index (χ4v) is 9.40. The van der Waals surface area contributed by atoms with Crippen LogP contribution >= 0.6 is 0 Å². The van der Waals surface area contributed by atoms with Crippen LogP contribution in [0.1, 0.15) is 65.7 Å². The molecule has 0 aliphatic carbocycles. The average molecular weight is 863 g/mol. The molecule has 4 aromatic carbocycles. The van der Waals surface area contributed by atoms with Crippen LogP contribution in [-0.4, -0.2) is 101 Å². The molecule has 4 aliphatic rings. The molecule has 12 rings (SSSR count). The first-order chi connectivity index (χ1) is 32.0. The van der Waals surface area contributed by atoms with E-state index >= 15 is 0 Å². The number of amides is 2. The minimum absolute atomic E-state index is 0.0250. The summed E-state index contributed by atoms with van der Waals surface area (Å²) in [5.41, 5.74) is 12.0. The van der Waals surface area contributed by atoms with Crippen LogP contribution in [-0.2, 0) is 35.5 Å². The van der Waals surface area contributed by atoms with Gasteiger partial charge in [0.25, 0.3) is 11.8 Å². The zero-order chi connectivity index (χ0) is 43.7. The fraction of sp³-hybridized carbons (Fsp3) is 0.245. The van der Waals surface area contributed by atoms with Crippen molar-refractivity contribution in [2.75, 3.05) is 59.2 Å². The number of H-pyrrole nitrogens is 2. The predicted molar refractivity (Wildman–Crippen MR) is 257 cm³/mol. The maximum absolute atomic E-state index is 12.2. The van der Waals surface area contributed by atoms with Crippen molar-refractivity contribution in [1.29, 1.82) is 0 Å². The molecule has 0 unspecified atom stereocenters. The summed E-state index contributed by atoms with van der Waals surface area (Å²) < 4.78 is 10.9. The van der Waals surface area contributed by atoms with Crippen LogP contribution in [0.15, 0.2) is 97.3 Å². The van der Waals surface area contributed by atoms with E-state index in [0.29, 0.717) is 13.1 Å². The van der Waals surface area contributed by atoms with Gasteiger partial charge in [-0.25, -0.2) is 9.97 Å². The first kappa shape index (κ1) is 40.8. The second kappa shape index (κ2) is 17.9. The maximum atomic E-state index is 12.2. The van der Waals surface area contributed by atoms with Gasteiger partial charge in [-0.2, -0.15) is 0 Å². The van der Waals surface area contributed by atoms with Crippen molar-refractivity contribution in [3.63, 3.8) is 0 Å². The van der Waals surface area contributed by atoms with Crippen LogP contribution < -0.4 is 10.6 Å². The maximum Gasteiger partial charge on any atom is 0.254 e. The Kier molecular flexibility index (Phi) is 11.2. The number of fused-ring (bicyclic) bond motifs is 10. The van der Waals surface area contributed by atoms with Crippen molar-refractivity contribution in [3.05, 3.63) is 153 Å². The Morgan fingerprint density at radius 1 is 0.554 bits per heavy atom. The van der Waals surface area contributed by atoms with Crippen LogP contribution in [0.3, 0.4) is 0 Å². The summed E-state index contributed by atoms with van der Waals surface area (Å²) in [7, 11) is 0. The van der Waals surface area contributed by atoms with Gasteiger partial charge in [0.05, 0.1) is 73.1 Å². The van der Waals surface area contributed by atoms with Crippen LogP contribution in [0.25, 0.3) is 67.7 Å². The lowest BCUT2D eigenvalue weighted by molar-refractivity contribution is 0.0342. The van der Waals surface area contributed by atoms with E-state index in [1.54, 1.807) is 0 Å². The minimum Gasteiger partial charge on any atom is -0.379 e. The van der Waals surface area contributed by atoms with Crippen molar-refractivity contribution in [3.8, 4) is 0 Å². The van der Waals surface area contributed by atoms with Crippen LogP contribution in [0.2, 0.25) is 0 Å². The number of nitrogens with one attached hydrogen (secondary N) is 4. The van der Waals surface area contributed by atoms with Gasteiger partial charge in [-0.15, -0.1) is 0 Å². The Balaban J connectivity index is 0.000000144. The minimum atomic E-state index is -0.0264. The highest BCUT2D eigenvalue weighted by Crippen LogP contribution is 2.33. The molecule has 0 bridgehead atoms. The normalized spacial score (nSPS) is 16.7.